The maximum atomic E-state index is 3.90. The summed E-state index contributed by atoms with van der Waals surface area (Å²) < 4.78 is 0. The van der Waals surface area contributed by atoms with Gasteiger partial charge in [-0.25, -0.2) is 0 Å². The molecule has 20 heavy (non-hydrogen) atoms. The Morgan fingerprint density at radius 3 is 2.20 bits per heavy atom. The summed E-state index contributed by atoms with van der Waals surface area (Å²) in [7, 11) is 2.23. The van der Waals surface area contributed by atoms with E-state index in [4.69, 9.17) is 0 Å². The zero-order valence-electron chi connectivity index (χ0n) is 14.2. The van der Waals surface area contributed by atoms with E-state index in [2.05, 4.69) is 49.9 Å². The van der Waals surface area contributed by atoms with E-state index in [1.807, 2.05) is 0 Å². The molecule has 0 aromatic rings. The van der Waals surface area contributed by atoms with Crippen molar-refractivity contribution in [3.8, 4) is 0 Å². The van der Waals surface area contributed by atoms with Crippen LogP contribution in [-0.4, -0.2) is 61.2 Å². The first-order valence-electron chi connectivity index (χ1n) is 8.66. The van der Waals surface area contributed by atoms with Crippen LogP contribution in [0.1, 0.15) is 47.0 Å². The van der Waals surface area contributed by atoms with Crippen LogP contribution < -0.4 is 5.32 Å². The van der Waals surface area contributed by atoms with Gasteiger partial charge in [0, 0.05) is 44.3 Å². The zero-order valence-corrected chi connectivity index (χ0v) is 14.2. The zero-order chi connectivity index (χ0) is 14.7. The molecule has 0 aromatic heterocycles. The van der Waals surface area contributed by atoms with Crippen molar-refractivity contribution in [1.29, 1.82) is 0 Å². The van der Waals surface area contributed by atoms with Crippen LogP contribution in [0.5, 0.6) is 0 Å². The molecule has 0 radical (unpaired) electrons. The fourth-order valence-electron chi connectivity index (χ4n) is 3.89. The van der Waals surface area contributed by atoms with Crippen LogP contribution in [0.3, 0.4) is 0 Å². The van der Waals surface area contributed by atoms with Crippen LogP contribution in [0.4, 0.5) is 0 Å². The lowest BCUT2D eigenvalue weighted by molar-refractivity contribution is 0.0288. The Morgan fingerprint density at radius 2 is 1.70 bits per heavy atom. The van der Waals surface area contributed by atoms with Gasteiger partial charge in [-0.1, -0.05) is 6.42 Å². The van der Waals surface area contributed by atoms with Gasteiger partial charge >= 0.3 is 0 Å². The molecular weight excluding hydrogens is 246 g/mol. The lowest BCUT2D eigenvalue weighted by Crippen LogP contribution is -2.59. The SMILES string of the molecule is CC(C)N(C)CCNC1C2CCCC1CN(C(C)C)C2. The molecule has 0 spiro atoms. The summed E-state index contributed by atoms with van der Waals surface area (Å²) >= 11 is 0. The van der Waals surface area contributed by atoms with Crippen molar-refractivity contribution in [1.82, 2.24) is 15.1 Å². The third kappa shape index (κ3) is 3.96. The minimum Gasteiger partial charge on any atom is -0.312 e. The Kier molecular flexibility index (Phi) is 5.88. The molecule has 3 heteroatoms. The average molecular weight is 281 g/mol. The fourth-order valence-corrected chi connectivity index (χ4v) is 3.89. The highest BCUT2D eigenvalue weighted by Gasteiger charge is 2.39. The highest BCUT2D eigenvalue weighted by atomic mass is 15.2. The summed E-state index contributed by atoms with van der Waals surface area (Å²) in [6.07, 6.45) is 4.31. The number of nitrogens with zero attached hydrogens (tertiary/aromatic N) is 2. The van der Waals surface area contributed by atoms with E-state index in [-0.39, 0.29) is 0 Å². The third-order valence-electron chi connectivity index (χ3n) is 5.56. The first-order valence-corrected chi connectivity index (χ1v) is 8.66. The van der Waals surface area contributed by atoms with Gasteiger partial charge in [-0.2, -0.15) is 0 Å². The molecule has 1 aliphatic heterocycles. The quantitative estimate of drug-likeness (QED) is 0.807. The molecule has 2 fully saturated rings. The number of likely N-dealkylation sites (tertiary alicyclic amines) is 1. The minimum atomic E-state index is 0.652. The van der Waals surface area contributed by atoms with E-state index < -0.39 is 0 Å². The van der Waals surface area contributed by atoms with E-state index >= 15 is 0 Å². The molecule has 2 rings (SSSR count). The van der Waals surface area contributed by atoms with Gasteiger partial charge in [0.25, 0.3) is 0 Å². The van der Waals surface area contributed by atoms with Crippen molar-refractivity contribution in [3.63, 3.8) is 0 Å². The van der Waals surface area contributed by atoms with Gasteiger partial charge in [-0.3, -0.25) is 0 Å². The topological polar surface area (TPSA) is 18.5 Å². The average Bonchev–Trinajstić information content (AvgIpc) is 2.37. The maximum Gasteiger partial charge on any atom is 0.0148 e. The van der Waals surface area contributed by atoms with Crippen molar-refractivity contribution in [2.75, 3.05) is 33.2 Å². The second-order valence-corrected chi connectivity index (χ2v) is 7.55. The fraction of sp³-hybridized carbons (Fsp3) is 1.00. The summed E-state index contributed by atoms with van der Waals surface area (Å²) in [6.45, 7) is 14.2. The highest BCUT2D eigenvalue weighted by molar-refractivity contribution is 4.95. The molecule has 1 saturated heterocycles. The van der Waals surface area contributed by atoms with E-state index in [1.54, 1.807) is 0 Å². The first-order chi connectivity index (χ1) is 9.49. The second-order valence-electron chi connectivity index (χ2n) is 7.55. The molecule has 2 atom stereocenters. The molecule has 0 aromatic carbocycles. The normalized spacial score (nSPS) is 31.5. The van der Waals surface area contributed by atoms with Crippen molar-refractivity contribution in [2.24, 2.45) is 11.8 Å². The maximum absolute atomic E-state index is 3.90. The van der Waals surface area contributed by atoms with Crippen LogP contribution in [-0.2, 0) is 0 Å². The first kappa shape index (κ1) is 16.3. The minimum absolute atomic E-state index is 0.652. The molecule has 0 amide bonds. The molecule has 1 heterocycles. The van der Waals surface area contributed by atoms with E-state index in [0.717, 1.165) is 24.4 Å². The van der Waals surface area contributed by atoms with E-state index in [9.17, 15) is 0 Å². The Labute approximate surface area is 126 Å². The molecule has 3 nitrogen and oxygen atoms in total. The van der Waals surface area contributed by atoms with Gasteiger partial charge in [0.15, 0.2) is 0 Å². The second kappa shape index (κ2) is 7.24. The number of fused-ring (bicyclic) bond motifs is 2. The molecular formula is C17H35N3. The standard InChI is InChI=1S/C17H35N3/c1-13(2)19(5)10-9-18-17-15-7-6-8-16(17)12-20(11-15)14(3)4/h13-18H,6-12H2,1-5H3. The van der Waals surface area contributed by atoms with Crippen LogP contribution in [0.25, 0.3) is 0 Å². The smallest absolute Gasteiger partial charge is 0.0148 e. The lowest BCUT2D eigenvalue weighted by Gasteiger charge is -2.49. The van der Waals surface area contributed by atoms with Gasteiger partial charge in [0.05, 0.1) is 0 Å². The van der Waals surface area contributed by atoms with E-state index in [0.29, 0.717) is 12.1 Å². The molecule has 1 aliphatic carbocycles. The number of likely N-dealkylation sites (N-methyl/N-ethyl adjacent to an activating group) is 1. The molecule has 1 N–H and O–H groups in total. The molecule has 1 saturated carbocycles. The summed E-state index contributed by atoms with van der Waals surface area (Å²) in [5.74, 6) is 1.77. The summed E-state index contributed by atoms with van der Waals surface area (Å²) in [6, 6.07) is 2.14. The summed E-state index contributed by atoms with van der Waals surface area (Å²) in [5.41, 5.74) is 0. The Balaban J connectivity index is 1.83. The van der Waals surface area contributed by atoms with Crippen molar-refractivity contribution < 1.29 is 0 Å². The number of nitrogens with one attached hydrogen (secondary N) is 1. The molecule has 118 valence electrons. The van der Waals surface area contributed by atoms with Crippen molar-refractivity contribution >= 4 is 0 Å². The van der Waals surface area contributed by atoms with Crippen molar-refractivity contribution in [2.45, 2.75) is 65.1 Å². The Hall–Kier alpha value is -0.120. The number of rotatable bonds is 6. The molecule has 2 bridgehead atoms. The third-order valence-corrected chi connectivity index (χ3v) is 5.56. The van der Waals surface area contributed by atoms with Gasteiger partial charge in [-0.05, 0) is 59.4 Å². The Bertz CT molecular complexity index is 276. The van der Waals surface area contributed by atoms with E-state index in [1.165, 1.54) is 38.9 Å². The molecule has 2 aliphatic rings. The van der Waals surface area contributed by atoms with Gasteiger partial charge in [-0.15, -0.1) is 0 Å². The summed E-state index contributed by atoms with van der Waals surface area (Å²) in [4.78, 5) is 5.14. The van der Waals surface area contributed by atoms with Crippen LogP contribution >= 0.6 is 0 Å². The number of piperidine rings is 1. The lowest BCUT2D eigenvalue weighted by atomic mass is 9.73. The Morgan fingerprint density at radius 1 is 1.10 bits per heavy atom. The van der Waals surface area contributed by atoms with Crippen LogP contribution in [0, 0.1) is 11.8 Å². The highest BCUT2D eigenvalue weighted by Crippen LogP contribution is 2.35. The van der Waals surface area contributed by atoms with Gasteiger partial charge < -0.3 is 15.1 Å². The van der Waals surface area contributed by atoms with Crippen LogP contribution in [0.2, 0.25) is 0 Å². The number of hydrogen-bond donors (Lipinski definition) is 1. The number of hydrogen-bond acceptors (Lipinski definition) is 3. The predicted octanol–water partition coefficient (Wildman–Crippen LogP) is 2.43. The monoisotopic (exact) mass is 281 g/mol. The summed E-state index contributed by atoms with van der Waals surface area (Å²) in [5, 5.41) is 3.90. The molecule has 2 unspecified atom stereocenters. The van der Waals surface area contributed by atoms with Crippen LogP contribution in [0.15, 0.2) is 0 Å². The predicted molar refractivity (Wildman–Crippen MR) is 87.1 cm³/mol. The van der Waals surface area contributed by atoms with Gasteiger partial charge in [0.1, 0.15) is 0 Å². The van der Waals surface area contributed by atoms with Crippen molar-refractivity contribution in [3.05, 3.63) is 0 Å². The largest absolute Gasteiger partial charge is 0.312 e. The van der Waals surface area contributed by atoms with Gasteiger partial charge in [0.2, 0.25) is 0 Å².